The molecule has 76 valence electrons. The summed E-state index contributed by atoms with van der Waals surface area (Å²) in [5.41, 5.74) is 4.26. The molecule has 2 heteroatoms. The van der Waals surface area contributed by atoms with Gasteiger partial charge >= 0.3 is 0 Å². The van der Waals surface area contributed by atoms with Gasteiger partial charge in [-0.25, -0.2) is 0 Å². The largest absolute Gasteiger partial charge is 0.314 e. The van der Waals surface area contributed by atoms with Crippen molar-refractivity contribution in [1.82, 2.24) is 10.6 Å². The molecule has 0 spiro atoms. The zero-order chi connectivity index (χ0) is 9.97. The molecule has 2 rings (SSSR count). The molecule has 1 aromatic carbocycles. The van der Waals surface area contributed by atoms with E-state index in [-0.39, 0.29) is 0 Å². The van der Waals surface area contributed by atoms with Gasteiger partial charge in [-0.3, -0.25) is 0 Å². The van der Waals surface area contributed by atoms with Crippen LogP contribution in [0.2, 0.25) is 0 Å². The lowest BCUT2D eigenvalue weighted by Crippen LogP contribution is -2.43. The Bertz CT molecular complexity index is 294. The Morgan fingerprint density at radius 2 is 1.86 bits per heavy atom. The molecule has 1 saturated heterocycles. The van der Waals surface area contributed by atoms with Gasteiger partial charge in [0.15, 0.2) is 0 Å². The minimum atomic E-state index is 0.491. The molecule has 1 atom stereocenters. The summed E-state index contributed by atoms with van der Waals surface area (Å²) in [4.78, 5) is 0. The Labute approximate surface area is 85.7 Å². The normalized spacial score (nSPS) is 22.3. The van der Waals surface area contributed by atoms with Gasteiger partial charge in [0.2, 0.25) is 0 Å². The third-order valence-electron chi connectivity index (χ3n) is 2.93. The van der Waals surface area contributed by atoms with Crippen molar-refractivity contribution >= 4 is 0 Å². The van der Waals surface area contributed by atoms with Gasteiger partial charge in [0.1, 0.15) is 0 Å². The van der Waals surface area contributed by atoms with Crippen molar-refractivity contribution < 1.29 is 0 Å². The number of benzene rings is 1. The van der Waals surface area contributed by atoms with Gasteiger partial charge < -0.3 is 10.6 Å². The third kappa shape index (κ3) is 1.81. The zero-order valence-electron chi connectivity index (χ0n) is 8.93. The van der Waals surface area contributed by atoms with Crippen LogP contribution in [0.5, 0.6) is 0 Å². The number of nitrogens with one attached hydrogen (secondary N) is 2. The molecule has 0 radical (unpaired) electrons. The van der Waals surface area contributed by atoms with Crippen LogP contribution in [0.1, 0.15) is 22.7 Å². The summed E-state index contributed by atoms with van der Waals surface area (Å²) < 4.78 is 0. The molecule has 1 aliphatic rings. The number of hydrogen-bond acceptors (Lipinski definition) is 2. The Balaban J connectivity index is 2.29. The van der Waals surface area contributed by atoms with Crippen LogP contribution in [0.25, 0.3) is 0 Å². The molecule has 1 aromatic rings. The van der Waals surface area contributed by atoms with Crippen molar-refractivity contribution in [3.05, 3.63) is 34.9 Å². The molecular weight excluding hydrogens is 172 g/mol. The van der Waals surface area contributed by atoms with E-state index in [1.807, 2.05) is 0 Å². The second-order valence-electron chi connectivity index (χ2n) is 4.02. The van der Waals surface area contributed by atoms with Crippen molar-refractivity contribution in [2.75, 3.05) is 19.6 Å². The maximum Gasteiger partial charge on any atom is 0.0452 e. The molecule has 1 unspecified atom stereocenters. The van der Waals surface area contributed by atoms with Crippen LogP contribution in [-0.4, -0.2) is 19.6 Å². The number of piperazine rings is 1. The van der Waals surface area contributed by atoms with E-state index in [9.17, 15) is 0 Å². The monoisotopic (exact) mass is 190 g/mol. The molecule has 1 fully saturated rings. The third-order valence-corrected chi connectivity index (χ3v) is 2.93. The van der Waals surface area contributed by atoms with Crippen molar-refractivity contribution in [1.29, 1.82) is 0 Å². The summed E-state index contributed by atoms with van der Waals surface area (Å²) in [5.74, 6) is 0. The van der Waals surface area contributed by atoms with E-state index in [0.717, 1.165) is 19.6 Å². The highest BCUT2D eigenvalue weighted by Crippen LogP contribution is 2.21. The lowest BCUT2D eigenvalue weighted by molar-refractivity contribution is 0.428. The number of aryl methyl sites for hydroxylation is 2. The number of rotatable bonds is 1. The standard InChI is InChI=1S/C12H18N2/c1-9-4-3-5-10(2)12(9)11-8-13-6-7-14-11/h3-5,11,13-14H,6-8H2,1-2H3. The van der Waals surface area contributed by atoms with E-state index in [0.29, 0.717) is 6.04 Å². The summed E-state index contributed by atoms with van der Waals surface area (Å²) >= 11 is 0. The first kappa shape index (κ1) is 9.69. The minimum Gasteiger partial charge on any atom is -0.314 e. The van der Waals surface area contributed by atoms with Crippen LogP contribution in [0.4, 0.5) is 0 Å². The molecule has 0 saturated carbocycles. The first-order valence-corrected chi connectivity index (χ1v) is 5.29. The van der Waals surface area contributed by atoms with Crippen LogP contribution in [0.3, 0.4) is 0 Å². The zero-order valence-corrected chi connectivity index (χ0v) is 8.93. The highest BCUT2D eigenvalue weighted by molar-refractivity contribution is 5.36. The van der Waals surface area contributed by atoms with Gasteiger partial charge in [0.25, 0.3) is 0 Å². The molecule has 0 aromatic heterocycles. The summed E-state index contributed by atoms with van der Waals surface area (Å²) in [6.45, 7) is 7.59. The van der Waals surface area contributed by atoms with Gasteiger partial charge in [-0.1, -0.05) is 18.2 Å². The van der Waals surface area contributed by atoms with Crippen LogP contribution >= 0.6 is 0 Å². The van der Waals surface area contributed by atoms with Gasteiger partial charge in [0.05, 0.1) is 0 Å². The maximum absolute atomic E-state index is 3.55. The fourth-order valence-corrected chi connectivity index (χ4v) is 2.23. The first-order chi connectivity index (χ1) is 6.79. The molecular formula is C12H18N2. The molecule has 2 N–H and O–H groups in total. The van der Waals surface area contributed by atoms with E-state index in [2.05, 4.69) is 42.7 Å². The van der Waals surface area contributed by atoms with E-state index < -0.39 is 0 Å². The van der Waals surface area contributed by atoms with Crippen LogP contribution < -0.4 is 10.6 Å². The maximum atomic E-state index is 3.55. The van der Waals surface area contributed by atoms with Crippen molar-refractivity contribution in [2.45, 2.75) is 19.9 Å². The Kier molecular flexibility index (Phi) is 2.85. The quantitative estimate of drug-likeness (QED) is 0.702. The fraction of sp³-hybridized carbons (Fsp3) is 0.500. The molecule has 0 bridgehead atoms. The predicted molar refractivity (Wildman–Crippen MR) is 59.5 cm³/mol. The molecule has 1 heterocycles. The molecule has 2 nitrogen and oxygen atoms in total. The van der Waals surface area contributed by atoms with E-state index >= 15 is 0 Å². The predicted octanol–water partition coefficient (Wildman–Crippen LogP) is 1.54. The lowest BCUT2D eigenvalue weighted by atomic mass is 9.95. The number of hydrogen-bond donors (Lipinski definition) is 2. The van der Waals surface area contributed by atoms with E-state index in [4.69, 9.17) is 0 Å². The van der Waals surface area contributed by atoms with Crippen LogP contribution in [0, 0.1) is 13.8 Å². The van der Waals surface area contributed by atoms with E-state index in [1.54, 1.807) is 0 Å². The van der Waals surface area contributed by atoms with Crippen LogP contribution in [0.15, 0.2) is 18.2 Å². The van der Waals surface area contributed by atoms with Crippen molar-refractivity contribution in [3.8, 4) is 0 Å². The van der Waals surface area contributed by atoms with E-state index in [1.165, 1.54) is 16.7 Å². The van der Waals surface area contributed by atoms with Crippen molar-refractivity contribution in [3.63, 3.8) is 0 Å². The van der Waals surface area contributed by atoms with Gasteiger partial charge in [-0.2, -0.15) is 0 Å². The van der Waals surface area contributed by atoms with Gasteiger partial charge in [-0.15, -0.1) is 0 Å². The summed E-state index contributed by atoms with van der Waals surface area (Å²) in [6, 6.07) is 7.01. The van der Waals surface area contributed by atoms with Crippen molar-refractivity contribution in [2.24, 2.45) is 0 Å². The topological polar surface area (TPSA) is 24.1 Å². The summed E-state index contributed by atoms with van der Waals surface area (Å²) in [7, 11) is 0. The molecule has 1 aliphatic heterocycles. The van der Waals surface area contributed by atoms with Gasteiger partial charge in [-0.05, 0) is 30.5 Å². The Hall–Kier alpha value is -0.860. The highest BCUT2D eigenvalue weighted by Gasteiger charge is 2.17. The van der Waals surface area contributed by atoms with Crippen LogP contribution in [-0.2, 0) is 0 Å². The molecule has 14 heavy (non-hydrogen) atoms. The average Bonchev–Trinajstić information content (AvgIpc) is 2.19. The molecule has 0 aliphatic carbocycles. The minimum absolute atomic E-state index is 0.491. The fourth-order valence-electron chi connectivity index (χ4n) is 2.23. The second-order valence-corrected chi connectivity index (χ2v) is 4.02. The smallest absolute Gasteiger partial charge is 0.0452 e. The van der Waals surface area contributed by atoms with Gasteiger partial charge in [0, 0.05) is 25.7 Å². The first-order valence-electron chi connectivity index (χ1n) is 5.29. The Morgan fingerprint density at radius 3 is 2.43 bits per heavy atom. The average molecular weight is 190 g/mol. The highest BCUT2D eigenvalue weighted by atomic mass is 15.1. The summed E-state index contributed by atoms with van der Waals surface area (Å²) in [6.07, 6.45) is 0. The lowest BCUT2D eigenvalue weighted by Gasteiger charge is -2.27. The SMILES string of the molecule is Cc1cccc(C)c1C1CNCCN1. The Morgan fingerprint density at radius 1 is 1.14 bits per heavy atom. The second kappa shape index (κ2) is 4.11. The summed E-state index contributed by atoms with van der Waals surface area (Å²) in [5, 5.41) is 6.98. The molecule has 0 amide bonds.